The number of hydrogen-bond donors (Lipinski definition) is 1. The maximum absolute atomic E-state index is 12.3. The highest BCUT2D eigenvalue weighted by atomic mass is 32.2. The SMILES string of the molecule is Cc1cc(CNS(=O)(=O)c2cnc3c(c2)c(C)nn3C)on1. The van der Waals surface area contributed by atoms with Gasteiger partial charge in [-0.25, -0.2) is 18.1 Å². The third-order valence-electron chi connectivity index (χ3n) is 3.26. The standard InChI is InChI=1S/C13H15N5O3S/c1-8-4-10(21-17-8)6-15-22(19,20)11-5-12-9(2)16-18(3)13(12)14-7-11/h4-5,7,15H,6H2,1-3H3. The van der Waals surface area contributed by atoms with Gasteiger partial charge in [-0.05, 0) is 19.9 Å². The van der Waals surface area contributed by atoms with Crippen LogP contribution in [0.25, 0.3) is 11.0 Å². The summed E-state index contributed by atoms with van der Waals surface area (Å²) >= 11 is 0. The molecule has 3 heterocycles. The van der Waals surface area contributed by atoms with Gasteiger partial charge < -0.3 is 4.52 Å². The lowest BCUT2D eigenvalue weighted by Crippen LogP contribution is -2.23. The molecule has 3 aromatic rings. The first kappa shape index (κ1) is 14.7. The first-order chi connectivity index (χ1) is 10.4. The predicted octanol–water partition coefficient (Wildman–Crippen LogP) is 1.05. The second-order valence-corrected chi connectivity index (χ2v) is 6.78. The highest BCUT2D eigenvalue weighted by Crippen LogP contribution is 2.19. The Kier molecular flexibility index (Phi) is 3.45. The first-order valence-corrected chi connectivity index (χ1v) is 8.06. The zero-order valence-corrected chi connectivity index (χ0v) is 13.2. The minimum absolute atomic E-state index is 0.0350. The molecule has 0 radical (unpaired) electrons. The van der Waals surface area contributed by atoms with Crippen molar-refractivity contribution < 1.29 is 12.9 Å². The van der Waals surface area contributed by atoms with Crippen molar-refractivity contribution in [2.45, 2.75) is 25.3 Å². The van der Waals surface area contributed by atoms with Crippen LogP contribution in [0.1, 0.15) is 17.1 Å². The molecule has 8 nitrogen and oxygen atoms in total. The molecule has 3 aromatic heterocycles. The number of sulfonamides is 1. The lowest BCUT2D eigenvalue weighted by molar-refractivity contribution is 0.377. The van der Waals surface area contributed by atoms with Crippen LogP contribution in [0, 0.1) is 13.8 Å². The number of rotatable bonds is 4. The molecule has 0 aliphatic carbocycles. The van der Waals surface area contributed by atoms with Gasteiger partial charge in [0.25, 0.3) is 0 Å². The Bertz CT molecular complexity index is 942. The summed E-state index contributed by atoms with van der Waals surface area (Å²) in [4.78, 5) is 4.26. The van der Waals surface area contributed by atoms with Gasteiger partial charge in [0.1, 0.15) is 4.90 Å². The number of aromatic nitrogens is 4. The van der Waals surface area contributed by atoms with E-state index in [4.69, 9.17) is 4.52 Å². The van der Waals surface area contributed by atoms with Gasteiger partial charge in [-0.1, -0.05) is 5.16 Å². The highest BCUT2D eigenvalue weighted by molar-refractivity contribution is 7.89. The Labute approximate surface area is 127 Å². The molecule has 22 heavy (non-hydrogen) atoms. The average Bonchev–Trinajstić information content (AvgIpc) is 3.01. The summed E-state index contributed by atoms with van der Waals surface area (Å²) in [5.41, 5.74) is 2.07. The minimum Gasteiger partial charge on any atom is -0.360 e. The van der Waals surface area contributed by atoms with E-state index in [-0.39, 0.29) is 11.4 Å². The zero-order chi connectivity index (χ0) is 15.9. The summed E-state index contributed by atoms with van der Waals surface area (Å²) < 4.78 is 33.7. The summed E-state index contributed by atoms with van der Waals surface area (Å²) in [6.07, 6.45) is 1.32. The monoisotopic (exact) mass is 321 g/mol. The smallest absolute Gasteiger partial charge is 0.242 e. The predicted molar refractivity (Wildman–Crippen MR) is 78.5 cm³/mol. The number of fused-ring (bicyclic) bond motifs is 1. The summed E-state index contributed by atoms with van der Waals surface area (Å²) in [5, 5.41) is 8.65. The maximum atomic E-state index is 12.3. The number of nitrogens with one attached hydrogen (secondary N) is 1. The van der Waals surface area contributed by atoms with Gasteiger partial charge in [-0.15, -0.1) is 0 Å². The van der Waals surface area contributed by atoms with Crippen LogP contribution < -0.4 is 4.72 Å². The van der Waals surface area contributed by atoms with Gasteiger partial charge >= 0.3 is 0 Å². The summed E-state index contributed by atoms with van der Waals surface area (Å²) in [5.74, 6) is 0.452. The third-order valence-corrected chi connectivity index (χ3v) is 4.63. The molecule has 116 valence electrons. The number of aryl methyl sites for hydroxylation is 3. The van der Waals surface area contributed by atoms with E-state index in [0.717, 1.165) is 5.69 Å². The van der Waals surface area contributed by atoms with Crippen molar-refractivity contribution in [2.75, 3.05) is 0 Å². The Balaban J connectivity index is 1.89. The molecule has 0 aliphatic heterocycles. The molecule has 0 aliphatic rings. The van der Waals surface area contributed by atoms with E-state index in [1.54, 1.807) is 30.8 Å². The molecule has 0 fully saturated rings. The van der Waals surface area contributed by atoms with Crippen LogP contribution in [0.3, 0.4) is 0 Å². The molecule has 0 amide bonds. The van der Waals surface area contributed by atoms with Crippen molar-refractivity contribution >= 4 is 21.1 Å². The van der Waals surface area contributed by atoms with E-state index in [0.29, 0.717) is 22.5 Å². The minimum atomic E-state index is -3.69. The molecule has 9 heteroatoms. The normalized spacial score (nSPS) is 12.1. The quantitative estimate of drug-likeness (QED) is 0.770. The molecule has 0 spiro atoms. The molecule has 0 aromatic carbocycles. The molecule has 0 unspecified atom stereocenters. The summed E-state index contributed by atoms with van der Waals surface area (Å²) in [7, 11) is -1.92. The summed E-state index contributed by atoms with van der Waals surface area (Å²) in [6.45, 7) is 3.61. The second-order valence-electron chi connectivity index (χ2n) is 5.01. The molecule has 3 rings (SSSR count). The van der Waals surface area contributed by atoms with Crippen LogP contribution in [0.15, 0.2) is 27.7 Å². The van der Waals surface area contributed by atoms with Crippen molar-refractivity contribution in [1.82, 2.24) is 24.6 Å². The molecule has 0 saturated carbocycles. The lowest BCUT2D eigenvalue weighted by Gasteiger charge is -2.05. The van der Waals surface area contributed by atoms with Crippen LogP contribution in [0.2, 0.25) is 0 Å². The van der Waals surface area contributed by atoms with Crippen molar-refractivity contribution in [3.8, 4) is 0 Å². The van der Waals surface area contributed by atoms with Gasteiger partial charge in [0.05, 0.1) is 17.9 Å². The van der Waals surface area contributed by atoms with Gasteiger partial charge in [0.15, 0.2) is 11.4 Å². The van der Waals surface area contributed by atoms with Crippen LogP contribution in [-0.2, 0) is 23.6 Å². The van der Waals surface area contributed by atoms with Crippen molar-refractivity contribution in [3.63, 3.8) is 0 Å². The molecule has 0 bridgehead atoms. The number of hydrogen-bond acceptors (Lipinski definition) is 6. The lowest BCUT2D eigenvalue weighted by atomic mass is 10.3. The van der Waals surface area contributed by atoms with Gasteiger partial charge in [-0.2, -0.15) is 5.10 Å². The van der Waals surface area contributed by atoms with E-state index >= 15 is 0 Å². The fourth-order valence-electron chi connectivity index (χ4n) is 2.18. The van der Waals surface area contributed by atoms with E-state index in [2.05, 4.69) is 20.0 Å². The van der Waals surface area contributed by atoms with Crippen molar-refractivity contribution in [2.24, 2.45) is 7.05 Å². The molecular weight excluding hydrogens is 306 g/mol. The van der Waals surface area contributed by atoms with E-state index < -0.39 is 10.0 Å². The first-order valence-electron chi connectivity index (χ1n) is 6.58. The van der Waals surface area contributed by atoms with Gasteiger partial charge in [-0.3, -0.25) is 4.68 Å². The Hall–Kier alpha value is -2.26. The van der Waals surface area contributed by atoms with Gasteiger partial charge in [0, 0.05) is 24.7 Å². The fourth-order valence-corrected chi connectivity index (χ4v) is 3.15. The average molecular weight is 321 g/mol. The Morgan fingerprint density at radius 2 is 2.09 bits per heavy atom. The maximum Gasteiger partial charge on any atom is 0.242 e. The van der Waals surface area contributed by atoms with Gasteiger partial charge in [0.2, 0.25) is 10.0 Å². The number of nitrogens with zero attached hydrogens (tertiary/aromatic N) is 4. The highest BCUT2D eigenvalue weighted by Gasteiger charge is 2.18. The largest absolute Gasteiger partial charge is 0.360 e. The molecule has 0 atom stereocenters. The zero-order valence-electron chi connectivity index (χ0n) is 12.4. The van der Waals surface area contributed by atoms with Crippen LogP contribution in [0.5, 0.6) is 0 Å². The van der Waals surface area contributed by atoms with Crippen molar-refractivity contribution in [3.05, 3.63) is 35.5 Å². The number of pyridine rings is 1. The third kappa shape index (κ3) is 2.60. The Morgan fingerprint density at radius 3 is 2.77 bits per heavy atom. The summed E-state index contributed by atoms with van der Waals surface area (Å²) in [6, 6.07) is 3.24. The van der Waals surface area contributed by atoms with Crippen molar-refractivity contribution in [1.29, 1.82) is 0 Å². The molecular formula is C13H15N5O3S. The molecule has 1 N–H and O–H groups in total. The van der Waals surface area contributed by atoms with Crippen LogP contribution >= 0.6 is 0 Å². The molecule has 0 saturated heterocycles. The van der Waals surface area contributed by atoms with Crippen LogP contribution in [-0.4, -0.2) is 28.3 Å². The topological polar surface area (TPSA) is 103 Å². The van der Waals surface area contributed by atoms with E-state index in [1.807, 2.05) is 6.92 Å². The van der Waals surface area contributed by atoms with E-state index in [9.17, 15) is 8.42 Å². The van der Waals surface area contributed by atoms with E-state index in [1.165, 1.54) is 6.20 Å². The second kappa shape index (κ2) is 5.18. The fraction of sp³-hybridized carbons (Fsp3) is 0.308. The van der Waals surface area contributed by atoms with Crippen LogP contribution in [0.4, 0.5) is 0 Å². The Morgan fingerprint density at radius 1 is 1.32 bits per heavy atom.